The van der Waals surface area contributed by atoms with Gasteiger partial charge in [-0.2, -0.15) is 0 Å². The third-order valence-corrected chi connectivity index (χ3v) is 3.57. The van der Waals surface area contributed by atoms with E-state index < -0.39 is 0 Å². The van der Waals surface area contributed by atoms with Gasteiger partial charge in [-0.25, -0.2) is 0 Å². The van der Waals surface area contributed by atoms with Crippen molar-refractivity contribution in [1.82, 2.24) is 5.32 Å². The maximum absolute atomic E-state index is 11.7. The Hall–Kier alpha value is -0.580. The average Bonchev–Trinajstić information content (AvgIpc) is 2.69. The van der Waals surface area contributed by atoms with Crippen molar-refractivity contribution in [3.05, 3.63) is 22.4 Å². The molecule has 0 aliphatic heterocycles. The standard InChI is InChI=1S/C11H18N2OS.ClH/c1-8(7-12)10(14)13-11(2,3)9-5-4-6-15-9;/h4-6,8H,7,12H2,1-3H3,(H,13,14);1H. The summed E-state index contributed by atoms with van der Waals surface area (Å²) in [6, 6.07) is 4.01. The Labute approximate surface area is 107 Å². The molecule has 0 bridgehead atoms. The van der Waals surface area contributed by atoms with Crippen molar-refractivity contribution in [2.24, 2.45) is 11.7 Å². The van der Waals surface area contributed by atoms with Gasteiger partial charge in [0, 0.05) is 17.3 Å². The molecule has 0 aliphatic rings. The van der Waals surface area contributed by atoms with Crippen molar-refractivity contribution in [1.29, 1.82) is 0 Å². The van der Waals surface area contributed by atoms with Gasteiger partial charge in [-0.3, -0.25) is 4.79 Å². The van der Waals surface area contributed by atoms with Gasteiger partial charge in [0.25, 0.3) is 0 Å². The minimum Gasteiger partial charge on any atom is -0.346 e. The molecule has 1 aromatic heterocycles. The summed E-state index contributed by atoms with van der Waals surface area (Å²) < 4.78 is 0. The van der Waals surface area contributed by atoms with Crippen LogP contribution < -0.4 is 11.1 Å². The fourth-order valence-corrected chi connectivity index (χ4v) is 2.04. The van der Waals surface area contributed by atoms with E-state index in [9.17, 15) is 4.79 Å². The maximum atomic E-state index is 11.7. The summed E-state index contributed by atoms with van der Waals surface area (Å²) in [5.41, 5.74) is 5.14. The zero-order chi connectivity index (χ0) is 11.5. The smallest absolute Gasteiger partial charge is 0.224 e. The van der Waals surface area contributed by atoms with E-state index in [2.05, 4.69) is 5.32 Å². The molecule has 1 unspecified atom stereocenters. The first-order valence-corrected chi connectivity index (χ1v) is 5.91. The lowest BCUT2D eigenvalue weighted by molar-refractivity contribution is -0.125. The highest BCUT2D eigenvalue weighted by Crippen LogP contribution is 2.24. The van der Waals surface area contributed by atoms with E-state index in [1.54, 1.807) is 11.3 Å². The number of halogens is 1. The molecule has 5 heteroatoms. The number of nitrogens with one attached hydrogen (secondary N) is 1. The number of amides is 1. The highest BCUT2D eigenvalue weighted by molar-refractivity contribution is 7.10. The predicted octanol–water partition coefficient (Wildman–Crippen LogP) is 2.12. The SMILES string of the molecule is CC(CN)C(=O)NC(C)(C)c1cccs1.Cl. The Morgan fingerprint density at radius 3 is 2.69 bits per heavy atom. The van der Waals surface area contributed by atoms with Crippen molar-refractivity contribution < 1.29 is 4.79 Å². The van der Waals surface area contributed by atoms with Crippen LogP contribution in [0.3, 0.4) is 0 Å². The number of rotatable bonds is 4. The number of carbonyl (C=O) groups is 1. The molecule has 92 valence electrons. The minimum absolute atomic E-state index is 0. The maximum Gasteiger partial charge on any atom is 0.224 e. The summed E-state index contributed by atoms with van der Waals surface area (Å²) in [6.45, 7) is 6.21. The van der Waals surface area contributed by atoms with Crippen LogP contribution in [0.5, 0.6) is 0 Å². The summed E-state index contributed by atoms with van der Waals surface area (Å²) in [7, 11) is 0. The largest absolute Gasteiger partial charge is 0.346 e. The van der Waals surface area contributed by atoms with Crippen LogP contribution in [0.15, 0.2) is 17.5 Å². The van der Waals surface area contributed by atoms with Gasteiger partial charge >= 0.3 is 0 Å². The van der Waals surface area contributed by atoms with Crippen molar-refractivity contribution in [2.45, 2.75) is 26.3 Å². The molecule has 3 N–H and O–H groups in total. The fourth-order valence-electron chi connectivity index (χ4n) is 1.23. The molecule has 3 nitrogen and oxygen atoms in total. The molecule has 0 fully saturated rings. The van der Waals surface area contributed by atoms with Crippen LogP contribution in [0, 0.1) is 5.92 Å². The van der Waals surface area contributed by atoms with Crippen LogP contribution in [-0.2, 0) is 10.3 Å². The normalized spacial score (nSPS) is 12.8. The molecule has 16 heavy (non-hydrogen) atoms. The summed E-state index contributed by atoms with van der Waals surface area (Å²) in [6.07, 6.45) is 0. The van der Waals surface area contributed by atoms with Gasteiger partial charge in [-0.05, 0) is 25.3 Å². The topological polar surface area (TPSA) is 55.1 Å². The third kappa shape index (κ3) is 3.77. The lowest BCUT2D eigenvalue weighted by atomic mass is 10.0. The molecule has 0 aliphatic carbocycles. The Morgan fingerprint density at radius 1 is 1.62 bits per heavy atom. The lowest BCUT2D eigenvalue weighted by Gasteiger charge is -2.26. The first-order chi connectivity index (χ1) is 6.97. The molecule has 1 heterocycles. The van der Waals surface area contributed by atoms with E-state index in [-0.39, 0.29) is 29.8 Å². The molecular weight excluding hydrogens is 244 g/mol. The number of carbonyl (C=O) groups excluding carboxylic acids is 1. The van der Waals surface area contributed by atoms with Gasteiger partial charge in [0.2, 0.25) is 5.91 Å². The van der Waals surface area contributed by atoms with E-state index in [0.717, 1.165) is 4.88 Å². The minimum atomic E-state index is -0.311. The van der Waals surface area contributed by atoms with Crippen LogP contribution in [0.25, 0.3) is 0 Å². The van der Waals surface area contributed by atoms with Crippen LogP contribution in [0.1, 0.15) is 25.6 Å². The summed E-state index contributed by atoms with van der Waals surface area (Å²) in [4.78, 5) is 12.9. The molecular formula is C11H19ClN2OS. The van der Waals surface area contributed by atoms with Crippen LogP contribution in [-0.4, -0.2) is 12.5 Å². The first kappa shape index (κ1) is 15.4. The van der Waals surface area contributed by atoms with Gasteiger partial charge in [0.05, 0.1) is 5.54 Å². The van der Waals surface area contributed by atoms with Crippen molar-refractivity contribution >= 4 is 29.7 Å². The summed E-state index contributed by atoms with van der Waals surface area (Å²) >= 11 is 1.65. The molecule has 0 saturated carbocycles. The molecule has 0 saturated heterocycles. The number of hydrogen-bond donors (Lipinski definition) is 2. The summed E-state index contributed by atoms with van der Waals surface area (Å²) in [5.74, 6) is -0.125. The quantitative estimate of drug-likeness (QED) is 0.873. The second-order valence-corrected chi connectivity index (χ2v) is 5.18. The first-order valence-electron chi connectivity index (χ1n) is 5.03. The second-order valence-electron chi connectivity index (χ2n) is 4.23. The van der Waals surface area contributed by atoms with Gasteiger partial charge in [0.1, 0.15) is 0 Å². The van der Waals surface area contributed by atoms with Crippen molar-refractivity contribution in [3.63, 3.8) is 0 Å². The predicted molar refractivity (Wildman–Crippen MR) is 71.0 cm³/mol. The van der Waals surface area contributed by atoms with Crippen LogP contribution >= 0.6 is 23.7 Å². The van der Waals surface area contributed by atoms with E-state index in [4.69, 9.17) is 5.73 Å². The second kappa shape index (κ2) is 6.23. The lowest BCUT2D eigenvalue weighted by Crippen LogP contribution is -2.44. The fraction of sp³-hybridized carbons (Fsp3) is 0.545. The molecule has 1 amide bonds. The Kier molecular flexibility index (Phi) is 6.00. The molecule has 1 rings (SSSR count). The Balaban J connectivity index is 0.00000225. The zero-order valence-electron chi connectivity index (χ0n) is 9.82. The molecule has 0 spiro atoms. The summed E-state index contributed by atoms with van der Waals surface area (Å²) in [5, 5.41) is 5.01. The zero-order valence-corrected chi connectivity index (χ0v) is 11.5. The Bertz CT molecular complexity index is 325. The average molecular weight is 263 g/mol. The van der Waals surface area contributed by atoms with Crippen LogP contribution in [0.4, 0.5) is 0 Å². The molecule has 1 aromatic rings. The van der Waals surface area contributed by atoms with Gasteiger partial charge in [0.15, 0.2) is 0 Å². The number of thiophene rings is 1. The van der Waals surface area contributed by atoms with Crippen LogP contribution in [0.2, 0.25) is 0 Å². The van der Waals surface area contributed by atoms with Gasteiger partial charge < -0.3 is 11.1 Å². The highest BCUT2D eigenvalue weighted by atomic mass is 35.5. The van der Waals surface area contributed by atoms with E-state index in [1.165, 1.54) is 0 Å². The van der Waals surface area contributed by atoms with Gasteiger partial charge in [-0.15, -0.1) is 23.7 Å². The highest BCUT2D eigenvalue weighted by Gasteiger charge is 2.25. The van der Waals surface area contributed by atoms with Crippen molar-refractivity contribution in [2.75, 3.05) is 6.54 Å². The number of hydrogen-bond acceptors (Lipinski definition) is 3. The monoisotopic (exact) mass is 262 g/mol. The van der Waals surface area contributed by atoms with E-state index in [1.807, 2.05) is 38.3 Å². The number of nitrogens with two attached hydrogens (primary N) is 1. The van der Waals surface area contributed by atoms with E-state index >= 15 is 0 Å². The van der Waals surface area contributed by atoms with E-state index in [0.29, 0.717) is 6.54 Å². The molecule has 0 aromatic carbocycles. The third-order valence-electron chi connectivity index (χ3n) is 2.37. The van der Waals surface area contributed by atoms with Gasteiger partial charge in [-0.1, -0.05) is 13.0 Å². The Morgan fingerprint density at radius 2 is 2.25 bits per heavy atom. The molecule has 0 radical (unpaired) electrons. The van der Waals surface area contributed by atoms with Crippen molar-refractivity contribution in [3.8, 4) is 0 Å². The molecule has 1 atom stereocenters.